The normalized spacial score (nSPS) is 12.9. The van der Waals surface area contributed by atoms with E-state index >= 15 is 0 Å². The lowest BCUT2D eigenvalue weighted by molar-refractivity contribution is -0.139. The largest absolute Gasteiger partial charge is 0.495 e. The Morgan fingerprint density at radius 3 is 2.48 bits per heavy atom. The maximum Gasteiger partial charge on any atom is 0.421 e. The molecule has 8 nitrogen and oxygen atoms in total. The second-order valence-electron chi connectivity index (χ2n) is 6.23. The van der Waals surface area contributed by atoms with Gasteiger partial charge in [-0.2, -0.15) is 31.3 Å². The molecule has 0 aliphatic rings. The molecule has 2 aromatic rings. The highest BCUT2D eigenvalue weighted by Gasteiger charge is 2.36. The molecule has 5 N–H and O–H groups in total. The van der Waals surface area contributed by atoms with Crippen LogP contribution in [-0.4, -0.2) is 46.9 Å². The minimum atomic E-state index is -4.98. The fourth-order valence-electron chi connectivity index (χ4n) is 2.40. The zero-order valence-corrected chi connectivity index (χ0v) is 15.8. The van der Waals surface area contributed by atoms with Crippen LogP contribution in [0.25, 0.3) is 0 Å². The highest BCUT2D eigenvalue weighted by molar-refractivity contribution is 5.73. The first kappa shape index (κ1) is 24.0. The summed E-state index contributed by atoms with van der Waals surface area (Å²) in [6.07, 6.45) is -9.42. The van der Waals surface area contributed by atoms with Crippen molar-refractivity contribution in [2.45, 2.75) is 24.8 Å². The molecule has 0 saturated heterocycles. The van der Waals surface area contributed by atoms with Crippen molar-refractivity contribution in [1.82, 2.24) is 9.97 Å². The molecule has 170 valence electrons. The third-order valence-corrected chi connectivity index (χ3v) is 3.84. The molecule has 0 bridgehead atoms. The number of alkyl halides is 6. The molecule has 0 aliphatic carbocycles. The number of rotatable bonds is 8. The molecule has 0 aliphatic heterocycles. The Balaban J connectivity index is 2.31. The van der Waals surface area contributed by atoms with Crippen LogP contribution in [0.3, 0.4) is 0 Å². The first-order valence-electron chi connectivity index (χ1n) is 8.47. The van der Waals surface area contributed by atoms with Gasteiger partial charge in [-0.3, -0.25) is 4.79 Å². The molecule has 0 spiro atoms. The van der Waals surface area contributed by atoms with E-state index in [-0.39, 0.29) is 17.9 Å². The van der Waals surface area contributed by atoms with E-state index in [0.29, 0.717) is 11.8 Å². The fourth-order valence-corrected chi connectivity index (χ4v) is 2.40. The van der Waals surface area contributed by atoms with Crippen molar-refractivity contribution in [2.24, 2.45) is 5.73 Å². The Morgan fingerprint density at radius 2 is 1.94 bits per heavy atom. The Kier molecular flexibility index (Phi) is 7.15. The van der Waals surface area contributed by atoms with Crippen LogP contribution in [0.2, 0.25) is 0 Å². The standard InChI is InChI=1S/C17H17F6N5O3/c1-31-12-5-8(4-10(24)14(29)30)2-3-11(12)27-15-25-6-9(17(21,22)23)13(28-15)26-7-16(18,19)20/h2-3,5-6,10H,4,7,24H2,1H3,(H,29,30)(H2,25,26,27,28)/t10-/m0/s1. The van der Waals surface area contributed by atoms with Gasteiger partial charge in [0.25, 0.3) is 0 Å². The number of nitrogens with one attached hydrogen (secondary N) is 2. The minimum absolute atomic E-state index is 0.0196. The van der Waals surface area contributed by atoms with Gasteiger partial charge in [0.1, 0.15) is 29.7 Å². The predicted octanol–water partition coefficient (Wildman–Crippen LogP) is 3.18. The van der Waals surface area contributed by atoms with E-state index in [4.69, 9.17) is 15.6 Å². The zero-order chi connectivity index (χ0) is 23.4. The molecule has 31 heavy (non-hydrogen) atoms. The number of hydrogen-bond donors (Lipinski definition) is 4. The molecule has 2 rings (SSSR count). The number of aliphatic carboxylic acids is 1. The number of hydrogen-bond acceptors (Lipinski definition) is 7. The number of carbonyl (C=O) groups is 1. The summed E-state index contributed by atoms with van der Waals surface area (Å²) in [6.45, 7) is -1.73. The summed E-state index contributed by atoms with van der Waals surface area (Å²) in [5, 5.41) is 13.1. The number of benzene rings is 1. The first-order valence-corrected chi connectivity index (χ1v) is 8.47. The van der Waals surface area contributed by atoms with Crippen molar-refractivity contribution in [3.8, 4) is 5.75 Å². The van der Waals surface area contributed by atoms with Crippen LogP contribution in [0.5, 0.6) is 5.75 Å². The van der Waals surface area contributed by atoms with Crippen LogP contribution < -0.4 is 21.1 Å². The van der Waals surface area contributed by atoms with Crippen LogP contribution in [0, 0.1) is 0 Å². The number of carboxylic acids is 1. The maximum atomic E-state index is 13.1. The molecular weight excluding hydrogens is 436 g/mol. The van der Waals surface area contributed by atoms with Crippen LogP contribution in [0.4, 0.5) is 43.8 Å². The van der Waals surface area contributed by atoms with Crippen molar-refractivity contribution in [3.05, 3.63) is 35.5 Å². The lowest BCUT2D eigenvalue weighted by Crippen LogP contribution is -2.32. The quantitative estimate of drug-likeness (QED) is 0.450. The zero-order valence-electron chi connectivity index (χ0n) is 15.8. The molecule has 1 aromatic carbocycles. The van der Waals surface area contributed by atoms with E-state index in [1.807, 2.05) is 0 Å². The number of carboxylic acid groups (broad SMARTS) is 1. The number of halogens is 6. The molecule has 0 saturated carbocycles. The summed E-state index contributed by atoms with van der Waals surface area (Å²) in [6, 6.07) is 3.18. The summed E-state index contributed by atoms with van der Waals surface area (Å²) in [7, 11) is 1.28. The van der Waals surface area contributed by atoms with Crippen molar-refractivity contribution in [1.29, 1.82) is 0 Å². The van der Waals surface area contributed by atoms with E-state index < -0.39 is 48.2 Å². The van der Waals surface area contributed by atoms with Gasteiger partial charge in [0.05, 0.1) is 12.8 Å². The van der Waals surface area contributed by atoms with Crippen molar-refractivity contribution < 1.29 is 41.0 Å². The van der Waals surface area contributed by atoms with Crippen molar-refractivity contribution >= 4 is 23.4 Å². The van der Waals surface area contributed by atoms with Crippen LogP contribution in [-0.2, 0) is 17.4 Å². The van der Waals surface area contributed by atoms with Crippen molar-refractivity contribution in [3.63, 3.8) is 0 Å². The summed E-state index contributed by atoms with van der Waals surface area (Å²) >= 11 is 0. The lowest BCUT2D eigenvalue weighted by Gasteiger charge is -2.17. The van der Waals surface area contributed by atoms with E-state index in [1.165, 1.54) is 25.3 Å². The maximum absolute atomic E-state index is 13.1. The number of aromatic nitrogens is 2. The summed E-state index contributed by atoms with van der Waals surface area (Å²) < 4.78 is 81.6. The molecule has 14 heteroatoms. The molecular formula is C17H17F6N5O3. The van der Waals surface area contributed by atoms with Gasteiger partial charge in [-0.25, -0.2) is 4.98 Å². The fraction of sp³-hybridized carbons (Fsp3) is 0.353. The molecule has 1 atom stereocenters. The third kappa shape index (κ3) is 6.87. The molecule has 1 heterocycles. The Labute approximate surface area is 171 Å². The van der Waals surface area contributed by atoms with Crippen LogP contribution in [0.15, 0.2) is 24.4 Å². The van der Waals surface area contributed by atoms with Gasteiger partial charge in [-0.15, -0.1) is 0 Å². The second kappa shape index (κ2) is 9.24. The average Bonchev–Trinajstić information content (AvgIpc) is 2.66. The Bertz CT molecular complexity index is 935. The SMILES string of the molecule is COc1cc(C[C@H](N)C(=O)O)ccc1Nc1ncc(C(F)(F)F)c(NCC(F)(F)F)n1. The van der Waals surface area contributed by atoms with Crippen molar-refractivity contribution in [2.75, 3.05) is 24.3 Å². The minimum Gasteiger partial charge on any atom is -0.495 e. The number of nitrogens with two attached hydrogens (primary N) is 1. The van der Waals surface area contributed by atoms with Crippen LogP contribution in [0.1, 0.15) is 11.1 Å². The number of ether oxygens (including phenoxy) is 1. The highest BCUT2D eigenvalue weighted by atomic mass is 19.4. The smallest absolute Gasteiger partial charge is 0.421 e. The Morgan fingerprint density at radius 1 is 1.26 bits per heavy atom. The summed E-state index contributed by atoms with van der Waals surface area (Å²) in [4.78, 5) is 17.9. The van der Waals surface area contributed by atoms with Gasteiger partial charge in [0.15, 0.2) is 0 Å². The highest BCUT2D eigenvalue weighted by Crippen LogP contribution is 2.35. The molecule has 0 radical (unpaired) electrons. The number of methoxy groups -OCH3 is 1. The summed E-state index contributed by atoms with van der Waals surface area (Å²) in [5.41, 5.74) is 4.68. The molecule has 0 amide bonds. The van der Waals surface area contributed by atoms with E-state index in [9.17, 15) is 31.1 Å². The third-order valence-electron chi connectivity index (χ3n) is 3.84. The monoisotopic (exact) mass is 453 g/mol. The van der Waals surface area contributed by atoms with E-state index in [1.54, 1.807) is 5.32 Å². The lowest BCUT2D eigenvalue weighted by atomic mass is 10.1. The van der Waals surface area contributed by atoms with E-state index in [2.05, 4.69) is 15.3 Å². The van der Waals surface area contributed by atoms with Gasteiger partial charge in [-0.1, -0.05) is 6.07 Å². The van der Waals surface area contributed by atoms with Gasteiger partial charge in [0, 0.05) is 6.20 Å². The topological polar surface area (TPSA) is 122 Å². The molecule has 0 unspecified atom stereocenters. The number of nitrogens with zero attached hydrogens (tertiary/aromatic N) is 2. The number of anilines is 3. The molecule has 1 aromatic heterocycles. The first-order chi connectivity index (χ1) is 14.3. The second-order valence-corrected chi connectivity index (χ2v) is 6.23. The van der Waals surface area contributed by atoms with Gasteiger partial charge < -0.3 is 26.2 Å². The van der Waals surface area contributed by atoms with Gasteiger partial charge >= 0.3 is 18.3 Å². The van der Waals surface area contributed by atoms with Crippen LogP contribution >= 0.6 is 0 Å². The summed E-state index contributed by atoms with van der Waals surface area (Å²) in [5.74, 6) is -2.53. The Hall–Kier alpha value is -3.29. The molecule has 0 fully saturated rings. The van der Waals surface area contributed by atoms with Gasteiger partial charge in [0.2, 0.25) is 5.95 Å². The van der Waals surface area contributed by atoms with E-state index in [0.717, 1.165) is 0 Å². The average molecular weight is 453 g/mol. The van der Waals surface area contributed by atoms with Gasteiger partial charge in [-0.05, 0) is 24.1 Å². The predicted molar refractivity (Wildman–Crippen MR) is 97.2 cm³/mol.